The van der Waals surface area contributed by atoms with E-state index in [0.29, 0.717) is 16.3 Å². The van der Waals surface area contributed by atoms with Crippen molar-refractivity contribution in [3.05, 3.63) is 57.6 Å². The molecule has 3 rings (SSSR count). The minimum Gasteiger partial charge on any atom is -0.318 e. The van der Waals surface area contributed by atoms with Crippen LogP contribution in [0.25, 0.3) is 17.0 Å². The van der Waals surface area contributed by atoms with Gasteiger partial charge in [-0.05, 0) is 18.6 Å². The largest absolute Gasteiger partial charge is 0.389 e. The zero-order valence-electron chi connectivity index (χ0n) is 17.7. The molecule has 0 aliphatic carbocycles. The smallest absolute Gasteiger partial charge is 0.318 e. The molecule has 0 atom stereocenters. The highest BCUT2D eigenvalue weighted by molar-refractivity contribution is 6.30. The van der Waals surface area contributed by atoms with Crippen molar-refractivity contribution in [2.24, 2.45) is 0 Å². The number of amides is 1. The second kappa shape index (κ2) is 10.4. The number of aromatic nitrogens is 3. The second-order valence-electron chi connectivity index (χ2n) is 7.42. The van der Waals surface area contributed by atoms with Gasteiger partial charge >= 0.3 is 6.18 Å². The Bertz CT molecular complexity index is 1320. The number of halogens is 4. The molecule has 0 bridgehead atoms. The Hall–Kier alpha value is -3.83. The second-order valence-corrected chi connectivity index (χ2v) is 7.85. The van der Waals surface area contributed by atoms with E-state index in [1.54, 1.807) is 36.4 Å². The molecular formula is C22H18ClF3N6O2. The van der Waals surface area contributed by atoms with Gasteiger partial charge in [0.15, 0.2) is 0 Å². The zero-order valence-corrected chi connectivity index (χ0v) is 18.5. The fourth-order valence-electron chi connectivity index (χ4n) is 3.35. The summed E-state index contributed by atoms with van der Waals surface area (Å²) >= 11 is 5.91. The van der Waals surface area contributed by atoms with Crippen molar-refractivity contribution in [1.82, 2.24) is 18.9 Å². The van der Waals surface area contributed by atoms with Crippen LogP contribution in [-0.2, 0) is 17.8 Å². The van der Waals surface area contributed by atoms with Crippen LogP contribution in [0.15, 0.2) is 41.5 Å². The fourth-order valence-corrected chi connectivity index (χ4v) is 3.48. The van der Waals surface area contributed by atoms with E-state index in [4.69, 9.17) is 22.1 Å². The fraction of sp³-hybridized carbons (Fsp3) is 0.318. The van der Waals surface area contributed by atoms with E-state index in [0.717, 1.165) is 4.90 Å². The van der Waals surface area contributed by atoms with Crippen LogP contribution in [0.5, 0.6) is 0 Å². The van der Waals surface area contributed by atoms with Gasteiger partial charge in [-0.15, -0.1) is 0 Å². The number of nitrogens with zero attached hydrogens (tertiary/aromatic N) is 6. The van der Waals surface area contributed by atoms with Gasteiger partial charge in [0.25, 0.3) is 5.56 Å². The Kier molecular flexibility index (Phi) is 7.59. The van der Waals surface area contributed by atoms with Gasteiger partial charge in [-0.1, -0.05) is 23.7 Å². The number of imidazole rings is 1. The van der Waals surface area contributed by atoms with Crippen molar-refractivity contribution in [1.29, 1.82) is 10.5 Å². The first kappa shape index (κ1) is 24.8. The summed E-state index contributed by atoms with van der Waals surface area (Å²) in [6.07, 6.45) is -3.30. The monoisotopic (exact) mass is 490 g/mol. The van der Waals surface area contributed by atoms with E-state index in [1.807, 2.05) is 0 Å². The summed E-state index contributed by atoms with van der Waals surface area (Å²) in [5, 5.41) is 18.3. The molecule has 34 heavy (non-hydrogen) atoms. The van der Waals surface area contributed by atoms with Gasteiger partial charge in [0.1, 0.15) is 13.1 Å². The van der Waals surface area contributed by atoms with Gasteiger partial charge in [0, 0.05) is 41.5 Å². The van der Waals surface area contributed by atoms with Crippen molar-refractivity contribution < 1.29 is 18.0 Å². The molecule has 2 aromatic heterocycles. The molecule has 0 aliphatic heterocycles. The summed E-state index contributed by atoms with van der Waals surface area (Å²) in [4.78, 5) is 31.1. The minimum absolute atomic E-state index is 0.00504. The highest BCUT2D eigenvalue weighted by Gasteiger charge is 2.26. The summed E-state index contributed by atoms with van der Waals surface area (Å²) in [6, 6.07) is 10.2. The minimum atomic E-state index is -4.34. The number of alkyl halides is 3. The first-order valence-corrected chi connectivity index (χ1v) is 10.5. The van der Waals surface area contributed by atoms with E-state index in [1.165, 1.54) is 21.4 Å². The molecular weight excluding hydrogens is 473 g/mol. The molecule has 0 saturated heterocycles. The summed E-state index contributed by atoms with van der Waals surface area (Å²) in [7, 11) is 0. The zero-order chi connectivity index (χ0) is 24.9. The molecule has 12 heteroatoms. The van der Waals surface area contributed by atoms with Crippen LogP contribution < -0.4 is 5.56 Å². The molecule has 176 valence electrons. The highest BCUT2D eigenvalue weighted by Crippen LogP contribution is 2.23. The summed E-state index contributed by atoms with van der Waals surface area (Å²) < 4.78 is 40.6. The summed E-state index contributed by atoms with van der Waals surface area (Å²) in [6.45, 7) is -0.762. The first-order chi connectivity index (χ1) is 16.1. The van der Waals surface area contributed by atoms with Gasteiger partial charge < -0.3 is 9.47 Å². The third-order valence-corrected chi connectivity index (χ3v) is 5.22. The Labute approximate surface area is 197 Å². The van der Waals surface area contributed by atoms with Crippen LogP contribution >= 0.6 is 11.6 Å². The lowest BCUT2D eigenvalue weighted by Crippen LogP contribution is -2.35. The van der Waals surface area contributed by atoms with E-state index in [-0.39, 0.29) is 37.4 Å². The SMILES string of the molecule is N#CCN(CC#N)C(=O)Cc1cn(CCCC(F)(F)F)c2nc(-c3ccc(Cl)cc3)cn2c1=O. The van der Waals surface area contributed by atoms with E-state index in [2.05, 4.69) is 4.98 Å². The standard InChI is InChI=1S/C22H18ClF3N6O2/c23-17-4-2-15(3-5-17)18-14-32-20(34)16(12-19(33)30(10-7-27)11-8-28)13-31(21(32)29-18)9-1-6-22(24,25)26/h2-5,13-14H,1,6,9-12H2. The molecule has 3 aromatic rings. The Morgan fingerprint density at radius 3 is 2.35 bits per heavy atom. The normalized spacial score (nSPS) is 11.2. The predicted octanol–water partition coefficient (Wildman–Crippen LogP) is 3.58. The highest BCUT2D eigenvalue weighted by atomic mass is 35.5. The average molecular weight is 491 g/mol. The van der Waals surface area contributed by atoms with Crippen molar-refractivity contribution in [2.45, 2.75) is 32.0 Å². The van der Waals surface area contributed by atoms with Crippen molar-refractivity contribution in [3.8, 4) is 23.4 Å². The number of aryl methyl sites for hydroxylation is 1. The maximum absolute atomic E-state index is 13.1. The molecule has 0 radical (unpaired) electrons. The lowest BCUT2D eigenvalue weighted by Gasteiger charge is -2.16. The maximum atomic E-state index is 13.1. The molecule has 2 heterocycles. The molecule has 0 N–H and O–H groups in total. The van der Waals surface area contributed by atoms with Crippen LogP contribution in [0, 0.1) is 22.7 Å². The topological polar surface area (TPSA) is 107 Å². The van der Waals surface area contributed by atoms with E-state index in [9.17, 15) is 22.8 Å². The third-order valence-electron chi connectivity index (χ3n) is 4.97. The van der Waals surface area contributed by atoms with Crippen LogP contribution in [-0.4, -0.2) is 44.0 Å². The number of rotatable bonds is 8. The molecule has 0 saturated carbocycles. The number of hydrogen-bond acceptors (Lipinski definition) is 5. The third kappa shape index (κ3) is 5.94. The number of benzene rings is 1. The van der Waals surface area contributed by atoms with Crippen molar-refractivity contribution in [3.63, 3.8) is 0 Å². The number of carbonyl (C=O) groups is 1. The van der Waals surface area contributed by atoms with Crippen LogP contribution in [0.3, 0.4) is 0 Å². The van der Waals surface area contributed by atoms with Crippen LogP contribution in [0.2, 0.25) is 5.02 Å². The van der Waals surface area contributed by atoms with Crippen molar-refractivity contribution in [2.75, 3.05) is 13.1 Å². The predicted molar refractivity (Wildman–Crippen MR) is 117 cm³/mol. The number of nitriles is 2. The molecule has 1 aromatic carbocycles. The van der Waals surface area contributed by atoms with Gasteiger partial charge in [0.2, 0.25) is 11.7 Å². The summed E-state index contributed by atoms with van der Waals surface area (Å²) in [5.41, 5.74) is 0.473. The Morgan fingerprint density at radius 2 is 1.76 bits per heavy atom. The molecule has 0 unspecified atom stereocenters. The number of hydrogen-bond donors (Lipinski definition) is 0. The van der Waals surface area contributed by atoms with E-state index >= 15 is 0 Å². The maximum Gasteiger partial charge on any atom is 0.389 e. The number of fused-ring (bicyclic) bond motifs is 1. The van der Waals surface area contributed by atoms with E-state index < -0.39 is 30.5 Å². The molecule has 8 nitrogen and oxygen atoms in total. The molecule has 0 fully saturated rings. The Balaban J connectivity index is 2.04. The van der Waals surface area contributed by atoms with Gasteiger partial charge in [-0.25, -0.2) is 4.98 Å². The molecule has 0 spiro atoms. The molecule has 0 aliphatic rings. The first-order valence-electron chi connectivity index (χ1n) is 10.1. The van der Waals surface area contributed by atoms with Crippen LogP contribution in [0.4, 0.5) is 13.2 Å². The number of carbonyl (C=O) groups excluding carboxylic acids is 1. The summed E-state index contributed by atoms with van der Waals surface area (Å²) in [5.74, 6) is -0.501. The van der Waals surface area contributed by atoms with Gasteiger partial charge in [0.05, 0.1) is 24.3 Å². The van der Waals surface area contributed by atoms with Crippen molar-refractivity contribution >= 4 is 23.3 Å². The lowest BCUT2D eigenvalue weighted by atomic mass is 10.2. The average Bonchev–Trinajstić information content (AvgIpc) is 3.22. The van der Waals surface area contributed by atoms with Gasteiger partial charge in [-0.2, -0.15) is 23.7 Å². The molecule has 1 amide bonds. The Morgan fingerprint density at radius 1 is 1.12 bits per heavy atom. The lowest BCUT2D eigenvalue weighted by molar-refractivity contribution is -0.135. The van der Waals surface area contributed by atoms with Crippen LogP contribution in [0.1, 0.15) is 18.4 Å². The van der Waals surface area contributed by atoms with Gasteiger partial charge in [-0.3, -0.25) is 14.0 Å². The quantitative estimate of drug-likeness (QED) is 0.448.